The number of nitriles is 1. The Morgan fingerprint density at radius 3 is 2.67 bits per heavy atom. The summed E-state index contributed by atoms with van der Waals surface area (Å²) in [6, 6.07) is 1.98. The van der Waals surface area contributed by atoms with Gasteiger partial charge in [-0.05, 0) is 0 Å². The third-order valence-corrected chi connectivity index (χ3v) is 0.612. The molecule has 0 fully saturated rings. The molecule has 1 N–H and O–H groups in total. The van der Waals surface area contributed by atoms with Gasteiger partial charge in [0.15, 0.2) is 0 Å². The fourth-order valence-corrected chi connectivity index (χ4v) is 0.243. The smallest absolute Gasteiger partial charge is 0.140 e. The van der Waals surface area contributed by atoms with Crippen molar-refractivity contribution in [3.8, 4) is 6.07 Å². The summed E-state index contributed by atoms with van der Waals surface area (Å²) in [4.78, 5) is 2.65. The summed E-state index contributed by atoms with van der Waals surface area (Å²) >= 11 is 0. The van der Waals surface area contributed by atoms with Crippen LogP contribution in [0.25, 0.3) is 0 Å². The molecule has 3 radical (unpaired) electrons. The third-order valence-electron chi connectivity index (χ3n) is 0.362. The highest BCUT2D eigenvalue weighted by Crippen LogP contribution is 1.63. The summed E-state index contributed by atoms with van der Waals surface area (Å²) in [5.41, 5.74) is 0. The van der Waals surface area contributed by atoms with Crippen molar-refractivity contribution >= 4 is 10.4 Å². The van der Waals surface area contributed by atoms with Crippen LogP contribution in [0.4, 0.5) is 0 Å². The second kappa shape index (κ2) is 4.67. The summed E-state index contributed by atoms with van der Waals surface area (Å²) in [6.45, 7) is 0.716. The molecule has 0 aliphatic rings. The number of nitrogens with one attached hydrogen (secondary N) is 1. The standard InChI is InChI=1S/C3H5N2Si/c4-2-1-3-5-6/h5H,1,3H2. The first-order valence-electron chi connectivity index (χ1n) is 1.68. The first-order valence-corrected chi connectivity index (χ1v) is 2.18. The predicted octanol–water partition coefficient (Wildman–Crippen LogP) is -0.427. The van der Waals surface area contributed by atoms with E-state index in [1.807, 2.05) is 6.07 Å². The lowest BCUT2D eigenvalue weighted by atomic mass is 10.5. The van der Waals surface area contributed by atoms with E-state index in [0.717, 1.165) is 0 Å². The number of nitrogens with zero attached hydrogens (tertiary/aromatic N) is 1. The minimum absolute atomic E-state index is 0.559. The van der Waals surface area contributed by atoms with Crippen molar-refractivity contribution in [1.29, 1.82) is 5.26 Å². The van der Waals surface area contributed by atoms with Gasteiger partial charge >= 0.3 is 0 Å². The Morgan fingerprint density at radius 2 is 2.50 bits per heavy atom. The van der Waals surface area contributed by atoms with Gasteiger partial charge in [-0.2, -0.15) is 5.26 Å². The zero-order valence-electron chi connectivity index (χ0n) is 3.36. The van der Waals surface area contributed by atoms with Crippen molar-refractivity contribution in [2.45, 2.75) is 6.42 Å². The van der Waals surface area contributed by atoms with Crippen LogP contribution in [0.5, 0.6) is 0 Å². The SMILES string of the molecule is N#CCCN[Si]. The molecule has 0 atom stereocenters. The fraction of sp³-hybridized carbons (Fsp3) is 0.667. The topological polar surface area (TPSA) is 35.8 Å². The molecule has 0 aliphatic heterocycles. The van der Waals surface area contributed by atoms with Gasteiger partial charge in [0, 0.05) is 13.0 Å². The van der Waals surface area contributed by atoms with Crippen LogP contribution in [0.1, 0.15) is 6.42 Å². The minimum atomic E-state index is 0.559. The van der Waals surface area contributed by atoms with Gasteiger partial charge in [0.1, 0.15) is 10.4 Å². The number of hydrogen-bond acceptors (Lipinski definition) is 2. The lowest BCUT2D eigenvalue weighted by Gasteiger charge is -1.82. The van der Waals surface area contributed by atoms with Gasteiger partial charge in [0.05, 0.1) is 6.07 Å². The Labute approximate surface area is 40.7 Å². The average molecular weight is 97.2 g/mol. The monoisotopic (exact) mass is 97.0 g/mol. The molecule has 0 aromatic heterocycles. The minimum Gasteiger partial charge on any atom is -0.340 e. The van der Waals surface area contributed by atoms with Crippen LogP contribution in [0.2, 0.25) is 0 Å². The summed E-state index contributed by atoms with van der Waals surface area (Å²) in [7, 11) is 2.99. The van der Waals surface area contributed by atoms with Crippen LogP contribution in [0, 0.1) is 11.3 Å². The normalized spacial score (nSPS) is 7.33. The molecule has 2 nitrogen and oxygen atoms in total. The quantitative estimate of drug-likeness (QED) is 0.375. The Kier molecular flexibility index (Phi) is 4.41. The number of rotatable bonds is 2. The van der Waals surface area contributed by atoms with Gasteiger partial charge < -0.3 is 4.98 Å². The van der Waals surface area contributed by atoms with Crippen LogP contribution >= 0.6 is 0 Å². The fourth-order valence-electron chi connectivity index (χ4n) is 0.118. The van der Waals surface area contributed by atoms with E-state index in [1.54, 1.807) is 0 Å². The molecular weight excluding hydrogens is 92.1 g/mol. The van der Waals surface area contributed by atoms with Crippen LogP contribution in [-0.2, 0) is 0 Å². The summed E-state index contributed by atoms with van der Waals surface area (Å²) in [5.74, 6) is 0. The molecule has 0 amide bonds. The second-order valence-corrected chi connectivity index (χ2v) is 1.19. The van der Waals surface area contributed by atoms with E-state index in [1.165, 1.54) is 0 Å². The van der Waals surface area contributed by atoms with Gasteiger partial charge in [-0.15, -0.1) is 0 Å². The molecule has 0 unspecified atom stereocenters. The maximum Gasteiger partial charge on any atom is 0.140 e. The highest BCUT2D eigenvalue weighted by atomic mass is 28.2. The summed E-state index contributed by atoms with van der Waals surface area (Å²) < 4.78 is 0. The zero-order valence-corrected chi connectivity index (χ0v) is 4.36. The molecule has 31 valence electrons. The lowest BCUT2D eigenvalue weighted by molar-refractivity contribution is 0.934. The maximum atomic E-state index is 7.89. The van der Waals surface area contributed by atoms with Crippen molar-refractivity contribution in [3.63, 3.8) is 0 Å². The molecule has 0 rings (SSSR count). The van der Waals surface area contributed by atoms with Crippen molar-refractivity contribution in [1.82, 2.24) is 4.98 Å². The highest BCUT2D eigenvalue weighted by Gasteiger charge is 1.72. The molecule has 0 aromatic rings. The van der Waals surface area contributed by atoms with E-state index in [0.29, 0.717) is 13.0 Å². The van der Waals surface area contributed by atoms with Gasteiger partial charge in [-0.3, -0.25) is 0 Å². The van der Waals surface area contributed by atoms with E-state index in [-0.39, 0.29) is 0 Å². The van der Waals surface area contributed by atoms with Crippen LogP contribution in [0.15, 0.2) is 0 Å². The molecule has 0 aliphatic carbocycles. The van der Waals surface area contributed by atoms with Crippen LogP contribution in [-0.4, -0.2) is 16.9 Å². The first kappa shape index (κ1) is 5.67. The lowest BCUT2D eigenvalue weighted by Crippen LogP contribution is -2.08. The summed E-state index contributed by atoms with van der Waals surface area (Å²) in [6.07, 6.45) is 0.559. The van der Waals surface area contributed by atoms with Gasteiger partial charge in [-0.25, -0.2) is 0 Å². The van der Waals surface area contributed by atoms with E-state index in [9.17, 15) is 0 Å². The van der Waals surface area contributed by atoms with Gasteiger partial charge in [0.25, 0.3) is 0 Å². The van der Waals surface area contributed by atoms with E-state index in [4.69, 9.17) is 5.26 Å². The van der Waals surface area contributed by atoms with Crippen molar-refractivity contribution in [2.24, 2.45) is 0 Å². The van der Waals surface area contributed by atoms with Crippen molar-refractivity contribution in [3.05, 3.63) is 0 Å². The van der Waals surface area contributed by atoms with Gasteiger partial charge in [0.2, 0.25) is 0 Å². The maximum absolute atomic E-state index is 7.89. The average Bonchev–Trinajstić information content (AvgIpc) is 1.61. The zero-order chi connectivity index (χ0) is 4.83. The molecule has 0 bridgehead atoms. The van der Waals surface area contributed by atoms with E-state index >= 15 is 0 Å². The molecule has 0 saturated carbocycles. The van der Waals surface area contributed by atoms with Gasteiger partial charge in [-0.1, -0.05) is 0 Å². The molecule has 0 aromatic carbocycles. The van der Waals surface area contributed by atoms with Crippen molar-refractivity contribution < 1.29 is 0 Å². The molecule has 0 spiro atoms. The third kappa shape index (κ3) is 3.67. The number of hydrogen-bond donors (Lipinski definition) is 1. The Bertz CT molecular complexity index is 56.3. The Morgan fingerprint density at radius 1 is 1.83 bits per heavy atom. The molecule has 6 heavy (non-hydrogen) atoms. The van der Waals surface area contributed by atoms with Crippen molar-refractivity contribution in [2.75, 3.05) is 6.54 Å². The predicted molar refractivity (Wildman–Crippen MR) is 24.0 cm³/mol. The summed E-state index contributed by atoms with van der Waals surface area (Å²) in [5, 5.41) is 7.89. The Balaban J connectivity index is 2.54. The van der Waals surface area contributed by atoms with E-state index < -0.39 is 0 Å². The second-order valence-electron chi connectivity index (χ2n) is 0.835. The molecule has 0 saturated heterocycles. The Hall–Kier alpha value is -0.333. The molecule has 0 heterocycles. The van der Waals surface area contributed by atoms with Crippen LogP contribution < -0.4 is 4.98 Å². The first-order chi connectivity index (χ1) is 2.91. The van der Waals surface area contributed by atoms with E-state index in [2.05, 4.69) is 15.4 Å². The highest BCUT2D eigenvalue weighted by molar-refractivity contribution is 6.04. The molecule has 3 heteroatoms. The van der Waals surface area contributed by atoms with Crippen LogP contribution in [0.3, 0.4) is 0 Å². The molecular formula is C3H5N2Si. The largest absolute Gasteiger partial charge is 0.340 e.